The molecule has 0 bridgehead atoms. The van der Waals surface area contributed by atoms with Gasteiger partial charge in [-0.2, -0.15) is 0 Å². The van der Waals surface area contributed by atoms with Crippen LogP contribution < -0.4 is 16.4 Å². The van der Waals surface area contributed by atoms with Crippen LogP contribution in [0.2, 0.25) is 0 Å². The molecule has 6 heteroatoms. The first-order chi connectivity index (χ1) is 9.24. The highest BCUT2D eigenvalue weighted by molar-refractivity contribution is 5.89. The number of carbonyl (C=O) groups excluding carboxylic acids is 1. The summed E-state index contributed by atoms with van der Waals surface area (Å²) in [7, 11) is 0. The highest BCUT2D eigenvalue weighted by Crippen LogP contribution is 2.11. The molecule has 2 amide bonds. The van der Waals surface area contributed by atoms with Crippen LogP contribution in [0.25, 0.3) is 0 Å². The van der Waals surface area contributed by atoms with Crippen LogP contribution in [-0.4, -0.2) is 22.5 Å². The molecule has 0 unspecified atom stereocenters. The van der Waals surface area contributed by atoms with Gasteiger partial charge < -0.3 is 21.4 Å². The Morgan fingerprint density at radius 2 is 2.32 bits per heavy atom. The van der Waals surface area contributed by atoms with Crippen LogP contribution in [0.15, 0.2) is 36.7 Å². The number of anilines is 2. The third kappa shape index (κ3) is 4.34. The van der Waals surface area contributed by atoms with Crippen molar-refractivity contribution in [2.24, 2.45) is 0 Å². The number of amides is 2. The lowest BCUT2D eigenvalue weighted by molar-refractivity contribution is 0.252. The number of nitrogens with one attached hydrogen (secondary N) is 3. The molecule has 0 fully saturated rings. The fourth-order valence-corrected chi connectivity index (χ4v) is 1.68. The number of aromatic amines is 1. The molecular formula is C13H17N5O. The molecule has 0 atom stereocenters. The van der Waals surface area contributed by atoms with Gasteiger partial charge in [-0.05, 0) is 24.6 Å². The first-order valence-corrected chi connectivity index (χ1v) is 6.13. The lowest BCUT2D eigenvalue weighted by Gasteiger charge is -2.07. The average molecular weight is 259 g/mol. The molecular weight excluding hydrogens is 242 g/mol. The third-order valence-corrected chi connectivity index (χ3v) is 2.58. The molecule has 0 radical (unpaired) electrons. The number of aryl methyl sites for hydroxylation is 1. The zero-order chi connectivity index (χ0) is 13.5. The standard InChI is InChI=1S/C13H17N5O/c14-10-3-1-4-11(9-10)18-13(19)17-6-2-5-12-15-7-8-16-12/h1,3-4,7-9H,2,5-6,14H2,(H,15,16)(H2,17,18,19). The number of urea groups is 1. The number of nitrogen functional groups attached to an aromatic ring is 1. The fraction of sp³-hybridized carbons (Fsp3) is 0.231. The normalized spacial score (nSPS) is 10.1. The second-order valence-corrected chi connectivity index (χ2v) is 4.15. The molecule has 1 aromatic heterocycles. The molecule has 0 aliphatic rings. The lowest BCUT2D eigenvalue weighted by atomic mass is 10.3. The van der Waals surface area contributed by atoms with Gasteiger partial charge in [-0.3, -0.25) is 0 Å². The third-order valence-electron chi connectivity index (χ3n) is 2.58. The SMILES string of the molecule is Nc1cccc(NC(=O)NCCCc2ncc[nH]2)c1. The molecule has 0 saturated carbocycles. The van der Waals surface area contributed by atoms with Crippen LogP contribution in [0.3, 0.4) is 0 Å². The molecule has 0 saturated heterocycles. The van der Waals surface area contributed by atoms with Gasteiger partial charge in [0.1, 0.15) is 5.82 Å². The first-order valence-electron chi connectivity index (χ1n) is 6.13. The number of imidazole rings is 1. The summed E-state index contributed by atoms with van der Waals surface area (Å²) in [6.07, 6.45) is 5.15. The van der Waals surface area contributed by atoms with E-state index in [4.69, 9.17) is 5.73 Å². The zero-order valence-electron chi connectivity index (χ0n) is 10.5. The molecule has 0 aliphatic carbocycles. The van der Waals surface area contributed by atoms with E-state index in [1.165, 1.54) is 0 Å². The molecule has 19 heavy (non-hydrogen) atoms. The highest BCUT2D eigenvalue weighted by Gasteiger charge is 2.01. The van der Waals surface area contributed by atoms with E-state index in [0.717, 1.165) is 18.7 Å². The maximum Gasteiger partial charge on any atom is 0.319 e. The number of benzene rings is 1. The van der Waals surface area contributed by atoms with E-state index in [0.29, 0.717) is 17.9 Å². The Bertz CT molecular complexity index is 524. The number of hydrogen-bond acceptors (Lipinski definition) is 3. The van der Waals surface area contributed by atoms with E-state index in [9.17, 15) is 4.79 Å². The number of H-pyrrole nitrogens is 1. The number of carbonyl (C=O) groups is 1. The van der Waals surface area contributed by atoms with Crippen LogP contribution in [0, 0.1) is 0 Å². The van der Waals surface area contributed by atoms with E-state index in [2.05, 4.69) is 20.6 Å². The zero-order valence-corrected chi connectivity index (χ0v) is 10.5. The van der Waals surface area contributed by atoms with Gasteiger partial charge in [0.2, 0.25) is 0 Å². The minimum absolute atomic E-state index is 0.231. The average Bonchev–Trinajstić information content (AvgIpc) is 2.88. The second kappa shape index (κ2) is 6.44. The molecule has 0 spiro atoms. The van der Waals surface area contributed by atoms with Gasteiger partial charge in [-0.15, -0.1) is 0 Å². The number of aromatic nitrogens is 2. The highest BCUT2D eigenvalue weighted by atomic mass is 16.2. The predicted molar refractivity (Wildman–Crippen MR) is 74.8 cm³/mol. The van der Waals surface area contributed by atoms with E-state index < -0.39 is 0 Å². The Labute approximate surface area is 111 Å². The quantitative estimate of drug-likeness (QED) is 0.486. The largest absolute Gasteiger partial charge is 0.399 e. The van der Waals surface area contributed by atoms with Gasteiger partial charge in [-0.1, -0.05) is 6.07 Å². The summed E-state index contributed by atoms with van der Waals surface area (Å²) >= 11 is 0. The summed E-state index contributed by atoms with van der Waals surface area (Å²) in [5.41, 5.74) is 6.93. The number of hydrogen-bond donors (Lipinski definition) is 4. The molecule has 5 N–H and O–H groups in total. The van der Waals surface area contributed by atoms with Crippen molar-refractivity contribution in [2.75, 3.05) is 17.6 Å². The number of nitrogens with two attached hydrogens (primary N) is 1. The van der Waals surface area contributed by atoms with Crippen LogP contribution in [-0.2, 0) is 6.42 Å². The van der Waals surface area contributed by atoms with Gasteiger partial charge in [0, 0.05) is 36.7 Å². The van der Waals surface area contributed by atoms with Crippen molar-refractivity contribution < 1.29 is 4.79 Å². The van der Waals surface area contributed by atoms with E-state index in [-0.39, 0.29) is 6.03 Å². The summed E-state index contributed by atoms with van der Waals surface area (Å²) in [5.74, 6) is 0.929. The van der Waals surface area contributed by atoms with E-state index >= 15 is 0 Å². The summed E-state index contributed by atoms with van der Waals surface area (Å²) in [6, 6.07) is 6.83. The van der Waals surface area contributed by atoms with Crippen molar-refractivity contribution in [2.45, 2.75) is 12.8 Å². The van der Waals surface area contributed by atoms with Gasteiger partial charge >= 0.3 is 6.03 Å². The fourth-order valence-electron chi connectivity index (χ4n) is 1.68. The molecule has 0 aliphatic heterocycles. The van der Waals surface area contributed by atoms with Crippen molar-refractivity contribution in [1.82, 2.24) is 15.3 Å². The predicted octanol–water partition coefficient (Wildman–Crippen LogP) is 1.75. The maximum atomic E-state index is 11.6. The van der Waals surface area contributed by atoms with Crippen molar-refractivity contribution in [3.05, 3.63) is 42.5 Å². The maximum absolute atomic E-state index is 11.6. The first kappa shape index (κ1) is 12.9. The molecule has 2 aromatic rings. The second-order valence-electron chi connectivity index (χ2n) is 4.15. The summed E-state index contributed by atoms with van der Waals surface area (Å²) in [6.45, 7) is 0.592. The van der Waals surface area contributed by atoms with Crippen LogP contribution in [0.1, 0.15) is 12.2 Å². The molecule has 6 nitrogen and oxygen atoms in total. The van der Waals surface area contributed by atoms with Crippen molar-refractivity contribution in [1.29, 1.82) is 0 Å². The lowest BCUT2D eigenvalue weighted by Crippen LogP contribution is -2.29. The van der Waals surface area contributed by atoms with Gasteiger partial charge in [0.15, 0.2) is 0 Å². The Kier molecular flexibility index (Phi) is 4.39. The van der Waals surface area contributed by atoms with Crippen LogP contribution in [0.5, 0.6) is 0 Å². The van der Waals surface area contributed by atoms with Crippen molar-refractivity contribution in [3.8, 4) is 0 Å². The molecule has 1 heterocycles. The Hall–Kier alpha value is -2.50. The Balaban J connectivity index is 1.67. The smallest absolute Gasteiger partial charge is 0.319 e. The van der Waals surface area contributed by atoms with Crippen molar-refractivity contribution >= 4 is 17.4 Å². The minimum Gasteiger partial charge on any atom is -0.399 e. The van der Waals surface area contributed by atoms with Gasteiger partial charge in [0.05, 0.1) is 0 Å². The summed E-state index contributed by atoms with van der Waals surface area (Å²) in [4.78, 5) is 18.7. The van der Waals surface area contributed by atoms with Crippen molar-refractivity contribution in [3.63, 3.8) is 0 Å². The number of nitrogens with zero attached hydrogens (tertiary/aromatic N) is 1. The minimum atomic E-state index is -0.231. The summed E-state index contributed by atoms with van der Waals surface area (Å²) < 4.78 is 0. The van der Waals surface area contributed by atoms with Gasteiger partial charge in [-0.25, -0.2) is 9.78 Å². The Morgan fingerprint density at radius 1 is 1.42 bits per heavy atom. The molecule has 2 rings (SSSR count). The summed E-state index contributed by atoms with van der Waals surface area (Å²) in [5, 5.41) is 5.50. The van der Waals surface area contributed by atoms with E-state index in [1.807, 2.05) is 0 Å². The number of rotatable bonds is 5. The molecule has 100 valence electrons. The van der Waals surface area contributed by atoms with E-state index in [1.54, 1.807) is 36.7 Å². The molecule has 1 aromatic carbocycles. The topological polar surface area (TPSA) is 95.8 Å². The monoisotopic (exact) mass is 259 g/mol. The Morgan fingerprint density at radius 3 is 3.05 bits per heavy atom. The van der Waals surface area contributed by atoms with Crippen LogP contribution >= 0.6 is 0 Å². The van der Waals surface area contributed by atoms with Crippen LogP contribution in [0.4, 0.5) is 16.2 Å². The van der Waals surface area contributed by atoms with Gasteiger partial charge in [0.25, 0.3) is 0 Å².